The SMILES string of the molecule is C[C@]12CC[C@@H]3c4ccc(O)cc4CC[C@H]3[C@@H]1[C@@H](CCCn1cc(CCc3ccccc3)nn1)CC2=O. The number of phenolic OH excluding ortho intramolecular Hbond substituents is 1. The molecule has 1 aromatic heterocycles. The number of carbonyl (C=O) groups is 1. The predicted molar refractivity (Wildman–Crippen MR) is 140 cm³/mol. The first kappa shape index (κ1) is 23.4. The number of aromatic nitrogens is 3. The molecule has 188 valence electrons. The van der Waals surface area contributed by atoms with Gasteiger partial charge >= 0.3 is 0 Å². The second-order valence-corrected chi connectivity index (χ2v) is 11.7. The van der Waals surface area contributed by atoms with Gasteiger partial charge < -0.3 is 5.11 Å². The summed E-state index contributed by atoms with van der Waals surface area (Å²) >= 11 is 0. The predicted octanol–water partition coefficient (Wildman–Crippen LogP) is 5.90. The van der Waals surface area contributed by atoms with E-state index in [-0.39, 0.29) is 5.41 Å². The van der Waals surface area contributed by atoms with Crippen LogP contribution in [0.2, 0.25) is 0 Å². The lowest BCUT2D eigenvalue weighted by molar-refractivity contribution is -0.129. The molecule has 5 nitrogen and oxygen atoms in total. The van der Waals surface area contributed by atoms with Crippen LogP contribution < -0.4 is 0 Å². The van der Waals surface area contributed by atoms with Crippen LogP contribution in [-0.2, 0) is 30.6 Å². The molecule has 6 rings (SSSR count). The van der Waals surface area contributed by atoms with Gasteiger partial charge in [0.1, 0.15) is 11.5 Å². The highest BCUT2D eigenvalue weighted by atomic mass is 16.3. The number of nitrogens with zero attached hydrogens (tertiary/aromatic N) is 3. The lowest BCUT2D eigenvalue weighted by Crippen LogP contribution is -2.44. The second kappa shape index (κ2) is 9.49. The van der Waals surface area contributed by atoms with E-state index in [2.05, 4.69) is 53.8 Å². The fraction of sp³-hybridized carbons (Fsp3) is 0.516. The molecule has 3 aliphatic rings. The standard InChI is InChI=1S/C31H37N3O2/c1-31-16-15-27-26-14-12-25(35)18-22(26)10-13-28(27)30(31)23(19-29(31)36)8-5-17-34-20-24(32-33-34)11-9-21-6-3-2-4-7-21/h2-4,6-7,12,14,18,20,23,27-28,30,35H,5,8-11,13,15-17,19H2,1H3/t23-,27+,28+,30-,31+/m0/s1. The fourth-order valence-electron chi connectivity index (χ4n) is 7.89. The van der Waals surface area contributed by atoms with Crippen LogP contribution in [0.5, 0.6) is 5.75 Å². The molecule has 2 fully saturated rings. The summed E-state index contributed by atoms with van der Waals surface area (Å²) < 4.78 is 1.99. The van der Waals surface area contributed by atoms with Gasteiger partial charge in [-0.3, -0.25) is 9.48 Å². The van der Waals surface area contributed by atoms with Crippen molar-refractivity contribution in [2.45, 2.75) is 77.2 Å². The van der Waals surface area contributed by atoms with Gasteiger partial charge in [0, 0.05) is 24.6 Å². The molecule has 1 heterocycles. The summed E-state index contributed by atoms with van der Waals surface area (Å²) in [6.45, 7) is 3.13. The van der Waals surface area contributed by atoms with Crippen molar-refractivity contribution in [2.75, 3.05) is 0 Å². The zero-order valence-electron chi connectivity index (χ0n) is 21.3. The topological polar surface area (TPSA) is 68.0 Å². The Bertz CT molecular complexity index is 1240. The van der Waals surface area contributed by atoms with Crippen LogP contribution >= 0.6 is 0 Å². The number of fused-ring (bicyclic) bond motifs is 5. The third-order valence-corrected chi connectivity index (χ3v) is 9.61. The van der Waals surface area contributed by atoms with Crippen LogP contribution in [0.25, 0.3) is 0 Å². The lowest BCUT2D eigenvalue weighted by atomic mass is 9.54. The first-order valence-corrected chi connectivity index (χ1v) is 13.8. The first-order chi connectivity index (χ1) is 17.5. The maximum atomic E-state index is 13.3. The molecule has 0 radical (unpaired) electrons. The number of hydrogen-bond acceptors (Lipinski definition) is 4. The highest BCUT2D eigenvalue weighted by Gasteiger charge is 2.58. The van der Waals surface area contributed by atoms with E-state index < -0.39 is 0 Å². The van der Waals surface area contributed by atoms with Crippen molar-refractivity contribution in [2.24, 2.45) is 23.2 Å². The van der Waals surface area contributed by atoms with Gasteiger partial charge in [-0.25, -0.2) is 0 Å². The van der Waals surface area contributed by atoms with Gasteiger partial charge in [0.2, 0.25) is 0 Å². The Morgan fingerprint density at radius 2 is 1.97 bits per heavy atom. The van der Waals surface area contributed by atoms with Gasteiger partial charge in [0.05, 0.1) is 5.69 Å². The van der Waals surface area contributed by atoms with Crippen molar-refractivity contribution < 1.29 is 9.90 Å². The molecule has 2 saturated carbocycles. The Morgan fingerprint density at radius 1 is 1.11 bits per heavy atom. The molecule has 0 saturated heterocycles. The van der Waals surface area contributed by atoms with Gasteiger partial charge in [0.15, 0.2) is 0 Å². The second-order valence-electron chi connectivity index (χ2n) is 11.7. The van der Waals surface area contributed by atoms with Crippen molar-refractivity contribution >= 4 is 5.78 Å². The van der Waals surface area contributed by atoms with Gasteiger partial charge in [-0.1, -0.05) is 48.5 Å². The Balaban J connectivity index is 1.10. The number of hydrogen-bond donors (Lipinski definition) is 1. The normalized spacial score (nSPS) is 29.0. The number of Topliss-reactive ketones (excluding diaryl/α,β-unsaturated/α-hetero) is 1. The monoisotopic (exact) mass is 483 g/mol. The van der Waals surface area contributed by atoms with Crippen molar-refractivity contribution in [3.05, 3.63) is 77.1 Å². The summed E-state index contributed by atoms with van der Waals surface area (Å²) in [6.07, 6.45) is 11.1. The highest BCUT2D eigenvalue weighted by Crippen LogP contribution is 2.62. The Hall–Kier alpha value is -2.95. The number of carbonyl (C=O) groups excluding carboxylic acids is 1. The van der Waals surface area contributed by atoms with E-state index in [4.69, 9.17) is 0 Å². The third-order valence-electron chi connectivity index (χ3n) is 9.61. The molecule has 2 aromatic carbocycles. The van der Waals surface area contributed by atoms with Gasteiger partial charge in [-0.05, 0) is 104 Å². The molecule has 36 heavy (non-hydrogen) atoms. The molecule has 5 atom stereocenters. The summed E-state index contributed by atoms with van der Waals surface area (Å²) in [7, 11) is 0. The van der Waals surface area contributed by atoms with Crippen LogP contribution in [0.15, 0.2) is 54.7 Å². The Labute approximate surface area is 213 Å². The summed E-state index contributed by atoms with van der Waals surface area (Å²) in [5.74, 6) is 2.92. The van der Waals surface area contributed by atoms with Gasteiger partial charge in [-0.15, -0.1) is 5.10 Å². The number of aryl methyl sites for hydroxylation is 4. The molecular weight excluding hydrogens is 446 g/mol. The van der Waals surface area contributed by atoms with E-state index >= 15 is 0 Å². The van der Waals surface area contributed by atoms with Crippen molar-refractivity contribution in [1.82, 2.24) is 15.0 Å². The summed E-state index contributed by atoms with van der Waals surface area (Å²) in [5, 5.41) is 18.7. The van der Waals surface area contributed by atoms with E-state index in [9.17, 15) is 9.90 Å². The highest BCUT2D eigenvalue weighted by molar-refractivity contribution is 5.87. The van der Waals surface area contributed by atoms with Gasteiger partial charge in [0.25, 0.3) is 0 Å². The van der Waals surface area contributed by atoms with E-state index in [1.165, 1.54) is 16.7 Å². The van der Waals surface area contributed by atoms with E-state index in [0.717, 1.165) is 70.0 Å². The van der Waals surface area contributed by atoms with Crippen molar-refractivity contribution in [3.8, 4) is 5.75 Å². The molecule has 0 bridgehead atoms. The van der Waals surface area contributed by atoms with Crippen LogP contribution in [0.1, 0.15) is 73.8 Å². The lowest BCUT2D eigenvalue weighted by Gasteiger charge is -2.50. The molecule has 0 unspecified atom stereocenters. The Kier molecular flexibility index (Phi) is 6.18. The molecule has 0 spiro atoms. The first-order valence-electron chi connectivity index (χ1n) is 13.8. The van der Waals surface area contributed by atoms with E-state index in [1.807, 2.05) is 22.9 Å². The zero-order chi connectivity index (χ0) is 24.7. The molecule has 0 amide bonds. The van der Waals surface area contributed by atoms with E-state index in [0.29, 0.717) is 35.2 Å². The number of ketones is 1. The number of rotatable bonds is 7. The quantitative estimate of drug-likeness (QED) is 0.454. The molecular formula is C31H37N3O2. The molecule has 0 aliphatic heterocycles. The molecule has 1 N–H and O–H groups in total. The average molecular weight is 484 g/mol. The largest absolute Gasteiger partial charge is 0.508 e. The summed E-state index contributed by atoms with van der Waals surface area (Å²) in [4.78, 5) is 13.3. The molecule has 5 heteroatoms. The van der Waals surface area contributed by atoms with Crippen molar-refractivity contribution in [1.29, 1.82) is 0 Å². The van der Waals surface area contributed by atoms with Crippen LogP contribution in [-0.4, -0.2) is 25.9 Å². The maximum Gasteiger partial charge on any atom is 0.139 e. The minimum absolute atomic E-state index is 0.155. The van der Waals surface area contributed by atoms with Gasteiger partial charge in [-0.2, -0.15) is 0 Å². The van der Waals surface area contributed by atoms with Crippen LogP contribution in [0, 0.1) is 23.2 Å². The minimum Gasteiger partial charge on any atom is -0.508 e. The fourth-order valence-corrected chi connectivity index (χ4v) is 7.89. The van der Waals surface area contributed by atoms with E-state index in [1.54, 1.807) is 0 Å². The smallest absolute Gasteiger partial charge is 0.139 e. The third kappa shape index (κ3) is 4.27. The number of benzene rings is 2. The number of phenols is 1. The van der Waals surface area contributed by atoms with Crippen molar-refractivity contribution in [3.63, 3.8) is 0 Å². The summed E-state index contributed by atoms with van der Waals surface area (Å²) in [5.41, 5.74) is 4.96. The zero-order valence-corrected chi connectivity index (χ0v) is 21.3. The number of aromatic hydroxyl groups is 1. The van der Waals surface area contributed by atoms with Crippen LogP contribution in [0.4, 0.5) is 0 Å². The molecule has 3 aliphatic carbocycles. The van der Waals surface area contributed by atoms with Crippen LogP contribution in [0.3, 0.4) is 0 Å². The minimum atomic E-state index is -0.155. The maximum absolute atomic E-state index is 13.3. The average Bonchev–Trinajstić information content (AvgIpc) is 3.44. The molecule has 3 aromatic rings. The Morgan fingerprint density at radius 3 is 2.83 bits per heavy atom. The summed E-state index contributed by atoms with van der Waals surface area (Å²) in [6, 6.07) is 16.5.